The van der Waals surface area contributed by atoms with Crippen LogP contribution in [0.25, 0.3) is 0 Å². The summed E-state index contributed by atoms with van der Waals surface area (Å²) in [7, 11) is -1.59. The summed E-state index contributed by atoms with van der Waals surface area (Å²) in [5.41, 5.74) is 0.686. The van der Waals surface area contributed by atoms with Crippen LogP contribution in [0.2, 0.25) is 10.6 Å². The molecular formula is C15H34O2Si. The van der Waals surface area contributed by atoms with Gasteiger partial charge in [0.15, 0.2) is 0 Å². The molecule has 0 N–H and O–H groups in total. The molecule has 0 rings (SSSR count). The summed E-state index contributed by atoms with van der Waals surface area (Å²) in [6.45, 7) is 17.9. The van der Waals surface area contributed by atoms with Gasteiger partial charge in [-0.2, -0.15) is 0 Å². The molecule has 0 radical (unpaired) electrons. The Hall–Kier alpha value is 0.137. The van der Waals surface area contributed by atoms with Crippen LogP contribution < -0.4 is 0 Å². The molecule has 0 atom stereocenters. The molecule has 2 nitrogen and oxygen atoms in total. The van der Waals surface area contributed by atoms with Crippen LogP contribution in [0.5, 0.6) is 0 Å². The molecule has 0 saturated carbocycles. The first-order valence-electron chi connectivity index (χ1n) is 7.47. The van der Waals surface area contributed by atoms with Crippen molar-refractivity contribution in [3.63, 3.8) is 0 Å². The van der Waals surface area contributed by atoms with E-state index in [0.717, 1.165) is 38.5 Å². The van der Waals surface area contributed by atoms with E-state index in [4.69, 9.17) is 9.47 Å². The molecule has 0 amide bonds. The quantitative estimate of drug-likeness (QED) is 0.453. The maximum atomic E-state index is 5.95. The van der Waals surface area contributed by atoms with E-state index in [-0.39, 0.29) is 0 Å². The monoisotopic (exact) mass is 274 g/mol. The van der Waals surface area contributed by atoms with Gasteiger partial charge in [-0.25, -0.2) is 0 Å². The van der Waals surface area contributed by atoms with Crippen molar-refractivity contribution in [1.82, 2.24) is 0 Å². The van der Waals surface area contributed by atoms with E-state index < -0.39 is 8.07 Å². The molecule has 0 heterocycles. The van der Waals surface area contributed by atoms with Crippen molar-refractivity contribution >= 4 is 8.07 Å². The summed E-state index contributed by atoms with van der Waals surface area (Å²) >= 11 is 0. The number of ether oxygens (including phenoxy) is 2. The van der Waals surface area contributed by atoms with E-state index in [1.54, 1.807) is 0 Å². The van der Waals surface area contributed by atoms with Crippen molar-refractivity contribution < 1.29 is 9.47 Å². The van der Waals surface area contributed by atoms with Crippen LogP contribution >= 0.6 is 0 Å². The molecule has 0 aromatic rings. The Morgan fingerprint density at radius 1 is 0.889 bits per heavy atom. The zero-order valence-electron chi connectivity index (χ0n) is 13.6. The van der Waals surface area contributed by atoms with E-state index in [0.29, 0.717) is 10.6 Å². The molecule has 0 aromatic heterocycles. The molecule has 3 heteroatoms. The van der Waals surface area contributed by atoms with E-state index in [1.165, 1.54) is 0 Å². The van der Waals surface area contributed by atoms with Crippen molar-refractivity contribution in [1.29, 1.82) is 0 Å². The van der Waals surface area contributed by atoms with Gasteiger partial charge >= 0.3 is 0 Å². The van der Waals surface area contributed by atoms with Crippen LogP contribution in [0.15, 0.2) is 0 Å². The SMILES string of the molecule is CCCOC[Si](COCCC)(C(C)C)C(C)(C)C. The minimum Gasteiger partial charge on any atom is -0.385 e. The molecule has 0 spiro atoms. The normalized spacial score (nSPS) is 13.3. The van der Waals surface area contributed by atoms with Crippen molar-refractivity contribution in [3.05, 3.63) is 0 Å². The number of hydrogen-bond donors (Lipinski definition) is 0. The zero-order valence-corrected chi connectivity index (χ0v) is 14.6. The van der Waals surface area contributed by atoms with Gasteiger partial charge in [0, 0.05) is 25.7 Å². The lowest BCUT2D eigenvalue weighted by Gasteiger charge is -2.45. The van der Waals surface area contributed by atoms with Gasteiger partial charge in [-0.05, 0) is 23.4 Å². The van der Waals surface area contributed by atoms with E-state index in [1.807, 2.05) is 0 Å². The predicted molar refractivity (Wildman–Crippen MR) is 82.8 cm³/mol. The largest absolute Gasteiger partial charge is 0.385 e. The maximum Gasteiger partial charge on any atom is 0.120 e. The van der Waals surface area contributed by atoms with Gasteiger partial charge in [0.2, 0.25) is 0 Å². The fourth-order valence-electron chi connectivity index (χ4n) is 2.47. The molecule has 0 aliphatic carbocycles. The first-order valence-corrected chi connectivity index (χ1v) is 9.96. The van der Waals surface area contributed by atoms with E-state index in [2.05, 4.69) is 48.5 Å². The molecule has 0 unspecified atom stereocenters. The Kier molecular flexibility index (Phi) is 8.40. The zero-order chi connectivity index (χ0) is 14.2. The molecule has 0 aromatic carbocycles. The van der Waals surface area contributed by atoms with Crippen LogP contribution in [0.3, 0.4) is 0 Å². The molecule has 0 fully saturated rings. The Labute approximate surface area is 115 Å². The Morgan fingerprint density at radius 2 is 1.28 bits per heavy atom. The lowest BCUT2D eigenvalue weighted by Crippen LogP contribution is -2.56. The minimum atomic E-state index is -1.59. The van der Waals surface area contributed by atoms with Crippen molar-refractivity contribution in [2.24, 2.45) is 0 Å². The lowest BCUT2D eigenvalue weighted by atomic mass is 10.2. The molecular weight excluding hydrogens is 240 g/mol. The average Bonchev–Trinajstić information content (AvgIpc) is 2.25. The van der Waals surface area contributed by atoms with Gasteiger partial charge in [-0.1, -0.05) is 48.5 Å². The summed E-state index contributed by atoms with van der Waals surface area (Å²) in [4.78, 5) is 0. The number of rotatable bonds is 9. The Balaban J connectivity index is 4.81. The second-order valence-corrected chi connectivity index (χ2v) is 12.2. The van der Waals surface area contributed by atoms with Gasteiger partial charge in [0.05, 0.1) is 0 Å². The predicted octanol–water partition coefficient (Wildman–Crippen LogP) is 4.58. The average molecular weight is 275 g/mol. The number of hydrogen-bond acceptors (Lipinski definition) is 2. The van der Waals surface area contributed by atoms with Crippen molar-refractivity contribution in [3.8, 4) is 0 Å². The molecule has 0 saturated heterocycles. The fraction of sp³-hybridized carbons (Fsp3) is 1.00. The summed E-state index contributed by atoms with van der Waals surface area (Å²) in [6, 6.07) is 0. The first kappa shape index (κ1) is 18.1. The highest BCUT2D eigenvalue weighted by molar-refractivity contribution is 6.83. The third kappa shape index (κ3) is 5.02. The minimum absolute atomic E-state index is 0.322. The van der Waals surface area contributed by atoms with E-state index in [9.17, 15) is 0 Å². The van der Waals surface area contributed by atoms with Gasteiger partial charge in [-0.3, -0.25) is 0 Å². The Morgan fingerprint density at radius 3 is 1.50 bits per heavy atom. The molecule has 0 aliphatic rings. The molecule has 0 aliphatic heterocycles. The molecule has 110 valence electrons. The van der Waals surface area contributed by atoms with Crippen LogP contribution in [0, 0.1) is 0 Å². The summed E-state index contributed by atoms with van der Waals surface area (Å²) in [5, 5.41) is 0.322. The first-order chi connectivity index (χ1) is 8.31. The smallest absolute Gasteiger partial charge is 0.120 e. The van der Waals surface area contributed by atoms with Crippen molar-refractivity contribution in [2.75, 3.05) is 25.7 Å². The third-order valence-corrected chi connectivity index (χ3v) is 10.7. The third-order valence-electron chi connectivity index (χ3n) is 4.02. The van der Waals surface area contributed by atoms with Gasteiger partial charge in [0.25, 0.3) is 0 Å². The highest BCUT2D eigenvalue weighted by atomic mass is 28.3. The standard InChI is InChI=1S/C15H34O2Si/c1-8-10-16-12-18(14(3)4,15(5,6)7)13-17-11-9-2/h14H,8-13H2,1-7H3. The van der Waals surface area contributed by atoms with Gasteiger partial charge in [0.1, 0.15) is 8.07 Å². The van der Waals surface area contributed by atoms with Crippen molar-refractivity contribution in [2.45, 2.75) is 71.9 Å². The lowest BCUT2D eigenvalue weighted by molar-refractivity contribution is 0.142. The summed E-state index contributed by atoms with van der Waals surface area (Å²) < 4.78 is 11.9. The summed E-state index contributed by atoms with van der Waals surface area (Å²) in [6.07, 6.45) is 4.07. The Bertz CT molecular complexity index is 199. The van der Waals surface area contributed by atoms with E-state index >= 15 is 0 Å². The highest BCUT2D eigenvalue weighted by Crippen LogP contribution is 2.43. The summed E-state index contributed by atoms with van der Waals surface area (Å²) in [5.74, 6) is 0. The molecule has 0 bridgehead atoms. The molecule has 18 heavy (non-hydrogen) atoms. The van der Waals surface area contributed by atoms with Crippen LogP contribution in [-0.2, 0) is 9.47 Å². The second-order valence-electron chi connectivity index (χ2n) is 6.67. The topological polar surface area (TPSA) is 18.5 Å². The van der Waals surface area contributed by atoms with Gasteiger partial charge in [-0.15, -0.1) is 0 Å². The maximum absolute atomic E-state index is 5.95. The fourth-order valence-corrected chi connectivity index (χ4v) is 6.84. The van der Waals surface area contributed by atoms with Gasteiger partial charge < -0.3 is 9.47 Å². The van der Waals surface area contributed by atoms with Crippen LogP contribution in [0.1, 0.15) is 61.3 Å². The van der Waals surface area contributed by atoms with Crippen LogP contribution in [-0.4, -0.2) is 33.7 Å². The highest BCUT2D eigenvalue weighted by Gasteiger charge is 2.47. The van der Waals surface area contributed by atoms with Crippen LogP contribution in [0.4, 0.5) is 0 Å². The second kappa shape index (κ2) is 8.34.